The summed E-state index contributed by atoms with van der Waals surface area (Å²) in [5.74, 6) is 3.17. The highest BCUT2D eigenvalue weighted by molar-refractivity contribution is 7.13. The number of nitrogens with zero attached hydrogens (tertiary/aromatic N) is 2. The number of amides is 1. The Morgan fingerprint density at radius 3 is 2.67 bits per heavy atom. The number of rotatable bonds is 5. The van der Waals surface area contributed by atoms with Gasteiger partial charge in [-0.3, -0.25) is 4.79 Å². The van der Waals surface area contributed by atoms with Gasteiger partial charge in [0.1, 0.15) is 5.51 Å². The van der Waals surface area contributed by atoms with Crippen molar-refractivity contribution in [3.05, 3.63) is 5.51 Å². The summed E-state index contributed by atoms with van der Waals surface area (Å²) in [5, 5.41) is 32.8. The monoisotopic (exact) mass is 475 g/mol. The zero-order valence-electron chi connectivity index (χ0n) is 20.4. The molecule has 184 valence electrons. The molecule has 0 aliphatic heterocycles. The topological polar surface area (TPSA) is 95.3 Å². The van der Waals surface area contributed by atoms with Crippen molar-refractivity contribution >= 4 is 22.4 Å². The molecule has 33 heavy (non-hydrogen) atoms. The minimum atomic E-state index is -0.227. The lowest BCUT2D eigenvalue weighted by molar-refractivity contribution is -0.174. The van der Waals surface area contributed by atoms with Crippen LogP contribution in [0, 0.1) is 46.3 Å². The molecule has 6 nitrogen and oxygen atoms in total. The molecule has 5 rings (SSSR count). The van der Waals surface area contributed by atoms with Crippen molar-refractivity contribution in [2.24, 2.45) is 46.3 Å². The van der Waals surface area contributed by atoms with E-state index in [9.17, 15) is 15.0 Å². The lowest BCUT2D eigenvalue weighted by Gasteiger charge is -2.62. The fraction of sp³-hybridized carbons (Fsp3) is 0.885. The minimum absolute atomic E-state index is 0.0307. The van der Waals surface area contributed by atoms with Gasteiger partial charge in [-0.2, -0.15) is 0 Å². The van der Waals surface area contributed by atoms with E-state index in [-0.39, 0.29) is 28.9 Å². The normalized spacial score (nSPS) is 45.5. The van der Waals surface area contributed by atoms with Gasteiger partial charge in [0.25, 0.3) is 0 Å². The van der Waals surface area contributed by atoms with Crippen LogP contribution in [0.1, 0.15) is 85.0 Å². The third-order valence-corrected chi connectivity index (χ3v) is 11.5. The summed E-state index contributed by atoms with van der Waals surface area (Å²) in [5.41, 5.74) is 2.16. The van der Waals surface area contributed by atoms with Crippen molar-refractivity contribution in [1.29, 1.82) is 0 Å². The van der Waals surface area contributed by atoms with Crippen LogP contribution in [0.2, 0.25) is 0 Å². The van der Waals surface area contributed by atoms with E-state index in [1.165, 1.54) is 37.0 Å². The van der Waals surface area contributed by atoms with Gasteiger partial charge in [0, 0.05) is 6.42 Å². The molecule has 4 saturated carbocycles. The third-order valence-electron chi connectivity index (χ3n) is 10.8. The van der Waals surface area contributed by atoms with Gasteiger partial charge in [0.15, 0.2) is 0 Å². The molecule has 10 atom stereocenters. The lowest BCUT2D eigenvalue weighted by atomic mass is 9.43. The predicted molar refractivity (Wildman–Crippen MR) is 130 cm³/mol. The molecule has 0 radical (unpaired) electrons. The number of aromatic nitrogens is 2. The Balaban J connectivity index is 1.26. The summed E-state index contributed by atoms with van der Waals surface area (Å²) in [7, 11) is 0. The van der Waals surface area contributed by atoms with E-state index in [0.29, 0.717) is 47.1 Å². The highest BCUT2D eigenvalue weighted by Crippen LogP contribution is 2.68. The van der Waals surface area contributed by atoms with Crippen molar-refractivity contribution in [3.8, 4) is 0 Å². The van der Waals surface area contributed by atoms with Crippen molar-refractivity contribution in [1.82, 2.24) is 10.2 Å². The highest BCUT2D eigenvalue weighted by Gasteiger charge is 2.62. The predicted octanol–water partition coefficient (Wildman–Crippen LogP) is 4.88. The fourth-order valence-electron chi connectivity index (χ4n) is 9.14. The van der Waals surface area contributed by atoms with Crippen LogP contribution in [0.15, 0.2) is 5.51 Å². The maximum Gasteiger partial charge on any atom is 0.226 e. The summed E-state index contributed by atoms with van der Waals surface area (Å²) in [6.45, 7) is 7.30. The number of nitrogens with one attached hydrogen (secondary N) is 1. The molecular weight excluding hydrogens is 434 g/mol. The van der Waals surface area contributed by atoms with Gasteiger partial charge in [-0.05, 0) is 104 Å². The second kappa shape index (κ2) is 8.87. The number of aliphatic hydroxyl groups excluding tert-OH is 2. The molecule has 0 spiro atoms. The summed E-state index contributed by atoms with van der Waals surface area (Å²) >= 11 is 1.35. The third kappa shape index (κ3) is 4.06. The van der Waals surface area contributed by atoms with Gasteiger partial charge in [0.2, 0.25) is 11.0 Å². The van der Waals surface area contributed by atoms with Crippen LogP contribution in [0.3, 0.4) is 0 Å². The molecule has 1 aromatic heterocycles. The quantitative estimate of drug-likeness (QED) is 0.564. The summed E-state index contributed by atoms with van der Waals surface area (Å²) in [6, 6.07) is 0. The first-order valence-electron chi connectivity index (χ1n) is 13.1. The number of carbonyl (C=O) groups excluding carboxylic acids is 1. The molecule has 7 heteroatoms. The number of hydrogen-bond donors (Lipinski definition) is 3. The van der Waals surface area contributed by atoms with E-state index < -0.39 is 0 Å². The Bertz CT molecular complexity index is 850. The van der Waals surface area contributed by atoms with Crippen LogP contribution in [0.5, 0.6) is 0 Å². The maximum absolute atomic E-state index is 12.4. The van der Waals surface area contributed by atoms with Gasteiger partial charge in [-0.15, -0.1) is 10.2 Å². The molecule has 4 aliphatic rings. The first-order chi connectivity index (χ1) is 15.7. The molecule has 4 fully saturated rings. The first-order valence-corrected chi connectivity index (χ1v) is 14.0. The van der Waals surface area contributed by atoms with E-state index >= 15 is 0 Å². The van der Waals surface area contributed by atoms with Crippen molar-refractivity contribution < 1.29 is 15.0 Å². The Kier molecular flexibility index (Phi) is 6.36. The van der Waals surface area contributed by atoms with E-state index in [2.05, 4.69) is 36.3 Å². The van der Waals surface area contributed by atoms with Gasteiger partial charge < -0.3 is 15.5 Å². The number of hydrogen-bond acceptors (Lipinski definition) is 6. The number of aliphatic hydroxyl groups is 2. The molecule has 1 amide bonds. The van der Waals surface area contributed by atoms with Crippen molar-refractivity contribution in [3.63, 3.8) is 0 Å². The van der Waals surface area contributed by atoms with Crippen LogP contribution in [-0.4, -0.2) is 38.5 Å². The number of carbonyl (C=O) groups is 1. The number of anilines is 1. The van der Waals surface area contributed by atoms with Gasteiger partial charge in [-0.25, -0.2) is 0 Å². The molecule has 3 N–H and O–H groups in total. The van der Waals surface area contributed by atoms with E-state index in [0.717, 1.165) is 32.1 Å². The van der Waals surface area contributed by atoms with E-state index in [4.69, 9.17) is 0 Å². The Labute approximate surface area is 202 Å². The minimum Gasteiger partial charge on any atom is -0.393 e. The molecule has 1 heterocycles. The molecule has 0 bridgehead atoms. The Morgan fingerprint density at radius 1 is 1.15 bits per heavy atom. The smallest absolute Gasteiger partial charge is 0.226 e. The van der Waals surface area contributed by atoms with Crippen LogP contribution in [0.4, 0.5) is 5.13 Å². The van der Waals surface area contributed by atoms with Gasteiger partial charge >= 0.3 is 0 Å². The summed E-state index contributed by atoms with van der Waals surface area (Å²) in [4.78, 5) is 12.4. The SMILES string of the molecule is C[C@@H](CCC(=O)Nc1nncs1)[C@@H]1CC[C@@H]2[C@H]3[C@H](O)C[C@H]4C[C@@H](O)CC[C@@]4(C)[C@@H]3CC[C@]21C. The average molecular weight is 476 g/mol. The molecule has 0 aromatic carbocycles. The van der Waals surface area contributed by atoms with Crippen LogP contribution in [0.25, 0.3) is 0 Å². The fourth-order valence-corrected chi connectivity index (χ4v) is 9.61. The summed E-state index contributed by atoms with van der Waals surface area (Å²) in [6.07, 6.45) is 9.66. The molecule has 4 aliphatic carbocycles. The Morgan fingerprint density at radius 2 is 1.91 bits per heavy atom. The standard InChI is InChI=1S/C26H41N3O3S/c1-15(4-7-22(32)28-24-29-27-14-33-24)18-5-6-19-23-20(9-11-26(18,19)3)25(2)10-8-17(30)12-16(25)13-21(23)31/h14-21,23,30-31H,4-13H2,1-3H3,(H,28,29,32)/t15-,16+,17-,18-,19+,20+,21+,23+,25+,26-/m0/s1. The molecule has 0 saturated heterocycles. The molecular formula is C26H41N3O3S. The van der Waals surface area contributed by atoms with Gasteiger partial charge in [0.05, 0.1) is 12.2 Å². The first kappa shape index (κ1) is 23.7. The largest absolute Gasteiger partial charge is 0.393 e. The molecule has 1 aromatic rings. The van der Waals surface area contributed by atoms with E-state index in [1.807, 2.05) is 0 Å². The average Bonchev–Trinajstić information content (AvgIpc) is 3.40. The van der Waals surface area contributed by atoms with Crippen molar-refractivity contribution in [2.45, 2.75) is 97.2 Å². The maximum atomic E-state index is 12.4. The van der Waals surface area contributed by atoms with Crippen molar-refractivity contribution in [2.75, 3.05) is 5.32 Å². The number of fused-ring (bicyclic) bond motifs is 5. The van der Waals surface area contributed by atoms with Crippen LogP contribution < -0.4 is 5.32 Å². The zero-order valence-corrected chi connectivity index (χ0v) is 21.2. The highest BCUT2D eigenvalue weighted by atomic mass is 32.1. The van der Waals surface area contributed by atoms with Gasteiger partial charge in [-0.1, -0.05) is 32.1 Å². The summed E-state index contributed by atoms with van der Waals surface area (Å²) < 4.78 is 0. The van der Waals surface area contributed by atoms with Crippen LogP contribution >= 0.6 is 11.3 Å². The second-order valence-electron chi connectivity index (χ2n) is 12.3. The van der Waals surface area contributed by atoms with Crippen LogP contribution in [-0.2, 0) is 4.79 Å². The molecule has 0 unspecified atom stereocenters. The second-order valence-corrected chi connectivity index (χ2v) is 13.1. The lowest BCUT2D eigenvalue weighted by Crippen LogP contribution is -2.58. The zero-order chi connectivity index (χ0) is 23.4. The Hall–Kier alpha value is -1.05. The van der Waals surface area contributed by atoms with E-state index in [1.54, 1.807) is 5.51 Å².